The smallest absolute Gasteiger partial charge is 0.254 e. The number of hydrogen-bond acceptors (Lipinski definition) is 6. The summed E-state index contributed by atoms with van der Waals surface area (Å²) in [6.07, 6.45) is 16.3. The van der Waals surface area contributed by atoms with Crippen molar-refractivity contribution in [3.63, 3.8) is 0 Å². The van der Waals surface area contributed by atoms with E-state index in [0.29, 0.717) is 23.8 Å². The Morgan fingerprint density at radius 1 is 1.06 bits per heavy atom. The molecule has 3 aromatic heterocycles. The van der Waals surface area contributed by atoms with E-state index in [9.17, 15) is 9.59 Å². The zero-order chi connectivity index (χ0) is 24.2. The van der Waals surface area contributed by atoms with Crippen molar-refractivity contribution < 1.29 is 9.59 Å². The molecular weight excluding hydrogens is 442 g/mol. The quantitative estimate of drug-likeness (QED) is 0.542. The molecule has 0 spiro atoms. The Bertz CT molecular complexity index is 1160. The van der Waals surface area contributed by atoms with E-state index in [4.69, 9.17) is 10.7 Å². The number of rotatable bonds is 7. The highest BCUT2D eigenvalue weighted by atomic mass is 16.2. The first-order chi connectivity index (χ1) is 17.1. The van der Waals surface area contributed by atoms with Gasteiger partial charge in [0.1, 0.15) is 11.4 Å². The normalized spacial score (nSPS) is 21.0. The van der Waals surface area contributed by atoms with Gasteiger partial charge in [-0.05, 0) is 56.2 Å². The third kappa shape index (κ3) is 5.28. The molecule has 2 amide bonds. The molecule has 184 valence electrons. The van der Waals surface area contributed by atoms with Gasteiger partial charge in [0.2, 0.25) is 5.91 Å². The van der Waals surface area contributed by atoms with Crippen LogP contribution in [0, 0.1) is 5.92 Å². The van der Waals surface area contributed by atoms with E-state index in [1.165, 1.54) is 25.5 Å². The summed E-state index contributed by atoms with van der Waals surface area (Å²) in [7, 11) is 0. The summed E-state index contributed by atoms with van der Waals surface area (Å²) in [5.41, 5.74) is 7.37. The first-order valence-corrected chi connectivity index (χ1v) is 12.7. The van der Waals surface area contributed by atoms with Crippen molar-refractivity contribution in [2.75, 3.05) is 4.90 Å². The number of carbonyl (C=O) groups excluding carboxylic acids is 2. The summed E-state index contributed by atoms with van der Waals surface area (Å²) in [5.74, 6) is 0.506. The van der Waals surface area contributed by atoms with Crippen molar-refractivity contribution >= 4 is 23.3 Å². The molecule has 2 saturated carbocycles. The Morgan fingerprint density at radius 2 is 1.86 bits per heavy atom. The van der Waals surface area contributed by atoms with Gasteiger partial charge in [-0.3, -0.25) is 14.6 Å². The molecule has 5 rings (SSSR count). The van der Waals surface area contributed by atoms with Crippen LogP contribution in [0.5, 0.6) is 0 Å². The van der Waals surface area contributed by atoms with Crippen molar-refractivity contribution in [2.24, 2.45) is 11.7 Å². The van der Waals surface area contributed by atoms with Crippen molar-refractivity contribution in [3.8, 4) is 0 Å². The Balaban J connectivity index is 1.33. The number of nitrogens with one attached hydrogen (secondary N) is 1. The third-order valence-corrected chi connectivity index (χ3v) is 7.45. The zero-order valence-electron chi connectivity index (χ0n) is 20.0. The van der Waals surface area contributed by atoms with Gasteiger partial charge in [-0.15, -0.1) is 0 Å². The number of hydrogen-bond donors (Lipinski definition) is 2. The van der Waals surface area contributed by atoms with Crippen LogP contribution in [0.15, 0.2) is 43.0 Å². The fraction of sp³-hybridized carbons (Fsp3) is 0.500. The van der Waals surface area contributed by atoms with E-state index in [-0.39, 0.29) is 17.9 Å². The summed E-state index contributed by atoms with van der Waals surface area (Å²) in [4.78, 5) is 36.1. The van der Waals surface area contributed by atoms with Crippen LogP contribution in [0.2, 0.25) is 0 Å². The summed E-state index contributed by atoms with van der Waals surface area (Å²) in [6, 6.07) is 6.47. The molecule has 3 heterocycles. The Kier molecular flexibility index (Phi) is 6.92. The van der Waals surface area contributed by atoms with E-state index < -0.39 is 5.91 Å². The molecule has 9 nitrogen and oxygen atoms in total. The minimum Gasteiger partial charge on any atom is -0.365 e. The Labute approximate surface area is 205 Å². The summed E-state index contributed by atoms with van der Waals surface area (Å²) in [6.45, 7) is 0.640. The second kappa shape index (κ2) is 10.4. The average molecular weight is 476 g/mol. The van der Waals surface area contributed by atoms with Crippen LogP contribution in [0.3, 0.4) is 0 Å². The number of nitrogens with two attached hydrogens (primary N) is 1. The molecular formula is C26H33N7O2. The largest absolute Gasteiger partial charge is 0.365 e. The highest BCUT2D eigenvalue weighted by molar-refractivity contribution is 5.98. The van der Waals surface area contributed by atoms with Gasteiger partial charge in [0.15, 0.2) is 5.65 Å². The molecule has 0 radical (unpaired) electrons. The lowest BCUT2D eigenvalue weighted by atomic mass is 9.84. The van der Waals surface area contributed by atoms with Crippen molar-refractivity contribution in [1.29, 1.82) is 0 Å². The molecule has 0 unspecified atom stereocenters. The lowest BCUT2D eigenvalue weighted by Crippen LogP contribution is -2.44. The predicted octanol–water partition coefficient (Wildman–Crippen LogP) is 3.24. The van der Waals surface area contributed by atoms with E-state index in [1.54, 1.807) is 10.7 Å². The standard InChI is InChI=1S/C26H33N7O2/c27-24(34)22-16-29-33-14-12-23(31-25(22)33)32(17-18-5-4-13-28-15-18)21-10-8-19(9-11-21)26(35)30-20-6-2-1-3-7-20/h4-5,12-16,19-21H,1-3,6-11,17H2,(H2,27,34)(H,30,35). The van der Waals surface area contributed by atoms with Gasteiger partial charge < -0.3 is 16.0 Å². The molecule has 3 N–H and O–H groups in total. The van der Waals surface area contributed by atoms with Crippen LogP contribution >= 0.6 is 0 Å². The number of nitrogens with zero attached hydrogens (tertiary/aromatic N) is 5. The van der Waals surface area contributed by atoms with Gasteiger partial charge in [-0.2, -0.15) is 5.10 Å². The molecule has 3 aromatic rings. The van der Waals surface area contributed by atoms with E-state index in [2.05, 4.69) is 26.4 Å². The zero-order valence-corrected chi connectivity index (χ0v) is 20.0. The van der Waals surface area contributed by atoms with Crippen LogP contribution in [0.25, 0.3) is 5.65 Å². The van der Waals surface area contributed by atoms with E-state index >= 15 is 0 Å². The number of anilines is 1. The fourth-order valence-electron chi connectivity index (χ4n) is 5.49. The van der Waals surface area contributed by atoms with Crippen LogP contribution < -0.4 is 16.0 Å². The molecule has 0 aliphatic heterocycles. The van der Waals surface area contributed by atoms with Crippen molar-refractivity contribution in [1.82, 2.24) is 24.9 Å². The van der Waals surface area contributed by atoms with Gasteiger partial charge in [0, 0.05) is 43.1 Å². The number of fused-ring (bicyclic) bond motifs is 1. The maximum atomic E-state index is 12.9. The molecule has 9 heteroatoms. The van der Waals surface area contributed by atoms with Gasteiger partial charge in [0.25, 0.3) is 5.91 Å². The molecule has 2 aliphatic rings. The number of carbonyl (C=O) groups is 2. The predicted molar refractivity (Wildman–Crippen MR) is 133 cm³/mol. The minimum absolute atomic E-state index is 0.0696. The van der Waals surface area contributed by atoms with Crippen molar-refractivity contribution in [2.45, 2.75) is 76.4 Å². The Morgan fingerprint density at radius 3 is 2.57 bits per heavy atom. The highest BCUT2D eigenvalue weighted by Gasteiger charge is 2.31. The van der Waals surface area contributed by atoms with Crippen LogP contribution in [0.4, 0.5) is 5.82 Å². The lowest BCUT2D eigenvalue weighted by molar-refractivity contribution is -0.127. The molecule has 0 atom stereocenters. The summed E-state index contributed by atoms with van der Waals surface area (Å²) in [5, 5.41) is 7.51. The Hall–Kier alpha value is -3.49. The number of amides is 2. The number of aromatic nitrogens is 4. The van der Waals surface area contributed by atoms with Crippen LogP contribution in [0.1, 0.15) is 73.7 Å². The van der Waals surface area contributed by atoms with Crippen molar-refractivity contribution in [3.05, 3.63) is 54.1 Å². The molecule has 0 aromatic carbocycles. The second-order valence-electron chi connectivity index (χ2n) is 9.81. The van der Waals surface area contributed by atoms with Gasteiger partial charge in [-0.25, -0.2) is 9.50 Å². The van der Waals surface area contributed by atoms with Crippen LogP contribution in [-0.2, 0) is 11.3 Å². The van der Waals surface area contributed by atoms with Crippen LogP contribution in [-0.4, -0.2) is 43.5 Å². The van der Waals surface area contributed by atoms with E-state index in [0.717, 1.165) is 49.9 Å². The number of primary amides is 1. The third-order valence-electron chi connectivity index (χ3n) is 7.45. The highest BCUT2D eigenvalue weighted by Crippen LogP contribution is 2.32. The molecule has 35 heavy (non-hydrogen) atoms. The lowest BCUT2D eigenvalue weighted by Gasteiger charge is -2.38. The molecule has 2 fully saturated rings. The maximum absolute atomic E-state index is 12.9. The van der Waals surface area contributed by atoms with E-state index in [1.807, 2.05) is 24.5 Å². The first kappa shape index (κ1) is 23.3. The molecule has 2 aliphatic carbocycles. The fourth-order valence-corrected chi connectivity index (χ4v) is 5.49. The second-order valence-corrected chi connectivity index (χ2v) is 9.81. The summed E-state index contributed by atoms with van der Waals surface area (Å²) < 4.78 is 1.57. The molecule has 0 saturated heterocycles. The average Bonchev–Trinajstić information content (AvgIpc) is 3.32. The first-order valence-electron chi connectivity index (χ1n) is 12.7. The topological polar surface area (TPSA) is 119 Å². The monoisotopic (exact) mass is 475 g/mol. The minimum atomic E-state index is -0.548. The van der Waals surface area contributed by atoms with Gasteiger partial charge in [0.05, 0.1) is 6.20 Å². The maximum Gasteiger partial charge on any atom is 0.254 e. The molecule has 0 bridgehead atoms. The van der Waals surface area contributed by atoms with Gasteiger partial charge >= 0.3 is 0 Å². The van der Waals surface area contributed by atoms with Gasteiger partial charge in [-0.1, -0.05) is 25.3 Å². The SMILES string of the molecule is NC(=O)c1cnn2ccc(N(Cc3cccnc3)C3CCC(C(=O)NC4CCCCC4)CC3)nc12. The summed E-state index contributed by atoms with van der Waals surface area (Å²) >= 11 is 0. The number of pyridine rings is 1.